The molecule has 0 radical (unpaired) electrons. The van der Waals surface area contributed by atoms with E-state index in [2.05, 4.69) is 0 Å². The minimum Gasteiger partial charge on any atom is -0.444 e. The topological polar surface area (TPSA) is 46.6 Å². The zero-order valence-electron chi connectivity index (χ0n) is 12.6. The van der Waals surface area contributed by atoms with Gasteiger partial charge in [-0.1, -0.05) is 53.5 Å². The van der Waals surface area contributed by atoms with Crippen LogP contribution in [0, 0.1) is 0 Å². The lowest BCUT2D eigenvalue weighted by Gasteiger charge is -2.21. The normalized spacial score (nSPS) is 11.7. The van der Waals surface area contributed by atoms with E-state index in [1.807, 2.05) is 6.07 Å². The molecule has 0 N–H and O–H groups in total. The van der Waals surface area contributed by atoms with E-state index in [9.17, 15) is 9.59 Å². The largest absolute Gasteiger partial charge is 0.444 e. The fourth-order valence-corrected chi connectivity index (χ4v) is 2.22. The first-order chi connectivity index (χ1) is 10.9. The van der Waals surface area contributed by atoms with Crippen LogP contribution in [0.15, 0.2) is 48.5 Å². The zero-order chi connectivity index (χ0) is 17.0. The number of nitrogens with zero attached hydrogens (tertiary/aromatic N) is 1. The number of ether oxygens (including phenoxy) is 1. The van der Waals surface area contributed by atoms with Gasteiger partial charge in [-0.25, -0.2) is 4.79 Å². The number of esters is 1. The number of rotatable bonds is 4. The molecule has 2 aromatic rings. The van der Waals surface area contributed by atoms with E-state index in [1.165, 1.54) is 23.1 Å². The van der Waals surface area contributed by atoms with Crippen molar-refractivity contribution in [2.24, 2.45) is 0 Å². The third-order valence-corrected chi connectivity index (χ3v) is 3.89. The van der Waals surface area contributed by atoms with Gasteiger partial charge in [-0.15, -0.1) is 0 Å². The first-order valence-corrected chi connectivity index (χ1v) is 7.58. The molecular formula is C17H15Cl2NO3. The smallest absolute Gasteiger partial charge is 0.339 e. The second-order valence-electron chi connectivity index (χ2n) is 5.06. The maximum atomic E-state index is 12.3. The average molecular weight is 352 g/mol. The highest BCUT2D eigenvalue weighted by Crippen LogP contribution is 2.25. The summed E-state index contributed by atoms with van der Waals surface area (Å²) in [4.78, 5) is 26.0. The van der Waals surface area contributed by atoms with Gasteiger partial charge in [0.25, 0.3) is 5.91 Å². The summed E-state index contributed by atoms with van der Waals surface area (Å²) in [5, 5.41) is 0.587. The van der Waals surface area contributed by atoms with Gasteiger partial charge >= 0.3 is 5.97 Å². The van der Waals surface area contributed by atoms with Crippen LogP contribution >= 0.6 is 23.2 Å². The Morgan fingerprint density at radius 1 is 1.00 bits per heavy atom. The molecule has 1 amide bonds. The fraction of sp³-hybridized carbons (Fsp3) is 0.176. The zero-order valence-corrected chi connectivity index (χ0v) is 14.1. The monoisotopic (exact) mass is 351 g/mol. The minimum atomic E-state index is -1.02. The molecule has 0 fully saturated rings. The number of likely N-dealkylation sites (N-methyl/N-ethyl adjacent to an activating group) is 1. The maximum Gasteiger partial charge on any atom is 0.339 e. The average Bonchev–Trinajstić information content (AvgIpc) is 2.55. The standard InChI is InChI=1S/C17H15Cl2NO3/c1-20(2)16(21)15(11-6-4-3-5-7-11)23-17(22)12-8-9-13(18)14(19)10-12/h3-10,15H,1-2H3/t15-/m0/s1. The summed E-state index contributed by atoms with van der Waals surface area (Å²) in [6.45, 7) is 0. The quantitative estimate of drug-likeness (QED) is 0.782. The Balaban J connectivity index is 2.28. The van der Waals surface area contributed by atoms with Crippen molar-refractivity contribution in [3.05, 3.63) is 69.7 Å². The third-order valence-electron chi connectivity index (χ3n) is 3.15. The lowest BCUT2D eigenvalue weighted by Crippen LogP contribution is -2.31. The number of halogens is 2. The van der Waals surface area contributed by atoms with Gasteiger partial charge in [-0.2, -0.15) is 0 Å². The van der Waals surface area contributed by atoms with Crippen LogP contribution in [0.25, 0.3) is 0 Å². The van der Waals surface area contributed by atoms with Crippen LogP contribution in [-0.2, 0) is 9.53 Å². The van der Waals surface area contributed by atoms with E-state index in [-0.39, 0.29) is 16.5 Å². The van der Waals surface area contributed by atoms with Crippen molar-refractivity contribution in [3.63, 3.8) is 0 Å². The summed E-state index contributed by atoms with van der Waals surface area (Å²) in [6, 6.07) is 13.2. The van der Waals surface area contributed by atoms with Crippen molar-refractivity contribution in [1.82, 2.24) is 4.90 Å². The fourth-order valence-electron chi connectivity index (χ4n) is 1.92. The van der Waals surface area contributed by atoms with Crippen LogP contribution in [0.1, 0.15) is 22.0 Å². The first-order valence-electron chi connectivity index (χ1n) is 6.82. The van der Waals surface area contributed by atoms with Crippen LogP contribution < -0.4 is 0 Å². The molecule has 2 aromatic carbocycles. The highest BCUT2D eigenvalue weighted by Gasteiger charge is 2.27. The van der Waals surface area contributed by atoms with E-state index >= 15 is 0 Å². The first kappa shape index (κ1) is 17.3. The van der Waals surface area contributed by atoms with Gasteiger partial charge in [-0.05, 0) is 18.2 Å². The molecule has 0 saturated heterocycles. The Kier molecular flexibility index (Phi) is 5.64. The van der Waals surface area contributed by atoms with E-state index in [0.717, 1.165) is 0 Å². The van der Waals surface area contributed by atoms with E-state index < -0.39 is 12.1 Å². The number of carbonyl (C=O) groups is 2. The molecule has 23 heavy (non-hydrogen) atoms. The Bertz CT molecular complexity index is 717. The molecule has 0 spiro atoms. The summed E-state index contributed by atoms with van der Waals surface area (Å²) in [6.07, 6.45) is -1.02. The molecule has 1 atom stereocenters. The number of amides is 1. The summed E-state index contributed by atoms with van der Waals surface area (Å²) in [5.74, 6) is -0.975. The molecule has 6 heteroatoms. The van der Waals surface area contributed by atoms with Crippen molar-refractivity contribution in [3.8, 4) is 0 Å². The predicted molar refractivity (Wildman–Crippen MR) is 89.8 cm³/mol. The van der Waals surface area contributed by atoms with Gasteiger partial charge < -0.3 is 9.64 Å². The molecule has 0 aliphatic heterocycles. The number of benzene rings is 2. The summed E-state index contributed by atoms with van der Waals surface area (Å²) in [7, 11) is 3.20. The van der Waals surface area contributed by atoms with E-state index in [4.69, 9.17) is 27.9 Å². The predicted octanol–water partition coefficient (Wildman–Crippen LogP) is 3.98. The van der Waals surface area contributed by atoms with Crippen LogP contribution in [0.5, 0.6) is 0 Å². The second-order valence-corrected chi connectivity index (χ2v) is 5.87. The lowest BCUT2D eigenvalue weighted by molar-refractivity contribution is -0.138. The Hall–Kier alpha value is -2.04. The van der Waals surface area contributed by atoms with E-state index in [1.54, 1.807) is 38.4 Å². The van der Waals surface area contributed by atoms with Crippen LogP contribution in [0.2, 0.25) is 10.0 Å². The molecule has 0 bridgehead atoms. The van der Waals surface area contributed by atoms with Crippen molar-refractivity contribution < 1.29 is 14.3 Å². The van der Waals surface area contributed by atoms with Crippen molar-refractivity contribution in [2.45, 2.75) is 6.10 Å². The maximum absolute atomic E-state index is 12.3. The van der Waals surface area contributed by atoms with Gasteiger partial charge in [0.2, 0.25) is 6.10 Å². The number of hydrogen-bond donors (Lipinski definition) is 0. The molecule has 2 rings (SSSR count). The molecule has 0 saturated carbocycles. The Morgan fingerprint density at radius 2 is 1.65 bits per heavy atom. The van der Waals surface area contributed by atoms with Gasteiger partial charge in [0.1, 0.15) is 0 Å². The summed E-state index contributed by atoms with van der Waals surface area (Å²) < 4.78 is 5.41. The van der Waals surface area contributed by atoms with E-state index in [0.29, 0.717) is 10.6 Å². The Labute approximate surface area is 144 Å². The van der Waals surface area contributed by atoms with Crippen molar-refractivity contribution >= 4 is 35.1 Å². The molecule has 4 nitrogen and oxygen atoms in total. The number of carbonyl (C=O) groups excluding carboxylic acids is 2. The molecule has 0 aliphatic rings. The molecular weight excluding hydrogens is 337 g/mol. The molecule has 0 aliphatic carbocycles. The van der Waals surface area contributed by atoms with Crippen LogP contribution in [0.4, 0.5) is 0 Å². The summed E-state index contributed by atoms with van der Waals surface area (Å²) in [5.41, 5.74) is 0.825. The highest BCUT2D eigenvalue weighted by atomic mass is 35.5. The minimum absolute atomic E-state index is 0.229. The van der Waals surface area contributed by atoms with Gasteiger partial charge in [0.15, 0.2) is 0 Å². The number of hydrogen-bond acceptors (Lipinski definition) is 3. The lowest BCUT2D eigenvalue weighted by atomic mass is 10.1. The van der Waals surface area contributed by atoms with Crippen molar-refractivity contribution in [1.29, 1.82) is 0 Å². The van der Waals surface area contributed by atoms with Gasteiger partial charge in [-0.3, -0.25) is 4.79 Å². The third kappa shape index (κ3) is 4.24. The highest BCUT2D eigenvalue weighted by molar-refractivity contribution is 6.42. The van der Waals surface area contributed by atoms with Crippen molar-refractivity contribution in [2.75, 3.05) is 14.1 Å². The Morgan fingerprint density at radius 3 is 2.22 bits per heavy atom. The van der Waals surface area contributed by atoms with Crippen LogP contribution in [0.3, 0.4) is 0 Å². The molecule has 0 heterocycles. The molecule has 0 unspecified atom stereocenters. The summed E-state index contributed by atoms with van der Waals surface area (Å²) >= 11 is 11.7. The van der Waals surface area contributed by atoms with Gasteiger partial charge in [0.05, 0.1) is 15.6 Å². The second kappa shape index (κ2) is 7.49. The molecule has 0 aromatic heterocycles. The molecule has 120 valence electrons. The van der Waals surface area contributed by atoms with Crippen LogP contribution in [-0.4, -0.2) is 30.9 Å². The SMILES string of the molecule is CN(C)C(=O)[C@@H](OC(=O)c1ccc(Cl)c(Cl)c1)c1ccccc1. The van der Waals surface area contributed by atoms with Gasteiger partial charge in [0, 0.05) is 19.7 Å².